The quantitative estimate of drug-likeness (QED) is 0.127. The molecule has 1 amide bonds. The van der Waals surface area contributed by atoms with Crippen molar-refractivity contribution in [3.63, 3.8) is 0 Å². The number of rotatable bonds is 10. The van der Waals surface area contributed by atoms with Gasteiger partial charge in [0.15, 0.2) is 7.14 Å². The van der Waals surface area contributed by atoms with Crippen molar-refractivity contribution in [3.05, 3.63) is 135 Å². The number of carbonyl (C=O) groups is 1. The van der Waals surface area contributed by atoms with E-state index in [4.69, 9.17) is 0 Å². The number of hydrazone groups is 1. The predicted molar refractivity (Wildman–Crippen MR) is 149 cm³/mol. The summed E-state index contributed by atoms with van der Waals surface area (Å²) in [6.45, 7) is 0. The molecule has 1 atom stereocenters. The van der Waals surface area contributed by atoms with E-state index >= 15 is 0 Å². The number of benzene rings is 4. The fraction of sp³-hybridized carbons (Fsp3) is 0.0370. The highest BCUT2D eigenvalue weighted by Gasteiger charge is 2.37. The number of hydrogen-bond donors (Lipinski definition) is 2. The van der Waals surface area contributed by atoms with Crippen LogP contribution < -0.4 is 21.4 Å². The summed E-state index contributed by atoms with van der Waals surface area (Å²) in [5, 5.41) is 30.4. The van der Waals surface area contributed by atoms with Gasteiger partial charge in [-0.2, -0.15) is 5.10 Å². The van der Waals surface area contributed by atoms with E-state index in [9.17, 15) is 29.6 Å². The van der Waals surface area contributed by atoms with E-state index in [0.717, 1.165) is 18.2 Å². The van der Waals surface area contributed by atoms with Gasteiger partial charge in [0, 0.05) is 22.2 Å². The van der Waals surface area contributed by atoms with Crippen molar-refractivity contribution in [1.82, 2.24) is 5.32 Å². The van der Waals surface area contributed by atoms with Crippen LogP contribution >= 0.6 is 7.14 Å². The minimum absolute atomic E-state index is 0.121. The highest BCUT2D eigenvalue weighted by Crippen LogP contribution is 2.47. The molecule has 0 fully saturated rings. The number of nitrogens with zero attached hydrogens (tertiary/aromatic N) is 3. The van der Waals surface area contributed by atoms with Gasteiger partial charge in [0.2, 0.25) is 0 Å². The molecule has 4 aromatic carbocycles. The molecular formula is C27H22N5O6P. The van der Waals surface area contributed by atoms with Gasteiger partial charge in [0.05, 0.1) is 22.1 Å². The van der Waals surface area contributed by atoms with Crippen LogP contribution in [0.5, 0.6) is 0 Å². The number of carbonyl (C=O) groups excluding carboxylic acids is 1. The van der Waals surface area contributed by atoms with E-state index in [1.807, 2.05) is 0 Å². The third kappa shape index (κ3) is 6.06. The van der Waals surface area contributed by atoms with Gasteiger partial charge >= 0.3 is 5.69 Å². The summed E-state index contributed by atoms with van der Waals surface area (Å²) in [5.74, 6) is -1.67. The van der Waals surface area contributed by atoms with Crippen molar-refractivity contribution in [2.24, 2.45) is 5.10 Å². The van der Waals surface area contributed by atoms with Crippen LogP contribution in [0.25, 0.3) is 0 Å². The molecule has 0 saturated carbocycles. The Morgan fingerprint density at radius 2 is 1.33 bits per heavy atom. The molecule has 196 valence electrons. The predicted octanol–water partition coefficient (Wildman–Crippen LogP) is 4.67. The number of nitro benzene ring substituents is 2. The van der Waals surface area contributed by atoms with Gasteiger partial charge in [-0.1, -0.05) is 78.9 Å². The smallest absolute Gasteiger partial charge is 0.301 e. The van der Waals surface area contributed by atoms with Gasteiger partial charge in [-0.15, -0.1) is 0 Å². The monoisotopic (exact) mass is 543 g/mol. The number of hydrogen-bond acceptors (Lipinski definition) is 8. The maximum atomic E-state index is 14.9. The van der Waals surface area contributed by atoms with Gasteiger partial charge < -0.3 is 9.88 Å². The molecule has 0 spiro atoms. The average molecular weight is 543 g/mol. The first-order valence-electron chi connectivity index (χ1n) is 11.6. The number of amides is 1. The highest BCUT2D eigenvalue weighted by atomic mass is 31.2. The van der Waals surface area contributed by atoms with Crippen LogP contribution in [-0.2, 0) is 4.57 Å². The summed E-state index contributed by atoms with van der Waals surface area (Å²) in [7, 11) is -3.63. The minimum Gasteiger partial charge on any atom is -0.337 e. The molecule has 12 heteroatoms. The third-order valence-electron chi connectivity index (χ3n) is 5.78. The molecule has 4 aromatic rings. The van der Waals surface area contributed by atoms with Crippen LogP contribution in [0.4, 0.5) is 17.1 Å². The second-order valence-electron chi connectivity index (χ2n) is 8.22. The van der Waals surface area contributed by atoms with E-state index < -0.39 is 40.1 Å². The van der Waals surface area contributed by atoms with E-state index in [0.29, 0.717) is 16.2 Å². The SMILES string of the molecule is O=C(N[C@H](/C=N\Nc1ccc([N+](=O)[O-])cc1[N+](=O)[O-])P(=O)(c1ccccc1)c1ccccc1)c1ccccc1. The molecule has 0 aromatic heterocycles. The van der Waals surface area contributed by atoms with Crippen molar-refractivity contribution in [2.75, 3.05) is 5.43 Å². The first-order valence-corrected chi connectivity index (χ1v) is 13.4. The number of nitrogens with one attached hydrogen (secondary N) is 2. The summed E-state index contributed by atoms with van der Waals surface area (Å²) in [6.07, 6.45) is 1.22. The second-order valence-corrected chi connectivity index (χ2v) is 11.1. The van der Waals surface area contributed by atoms with E-state index in [1.165, 1.54) is 6.21 Å². The zero-order chi connectivity index (χ0) is 27.8. The lowest BCUT2D eigenvalue weighted by Crippen LogP contribution is -2.41. The van der Waals surface area contributed by atoms with Crippen molar-refractivity contribution >= 4 is 46.9 Å². The maximum absolute atomic E-state index is 14.9. The summed E-state index contributed by atoms with van der Waals surface area (Å²) in [4.78, 5) is 34.2. The Labute approximate surface area is 222 Å². The zero-order valence-corrected chi connectivity index (χ0v) is 21.2. The van der Waals surface area contributed by atoms with Gasteiger partial charge in [-0.3, -0.25) is 30.4 Å². The molecule has 0 aliphatic rings. The molecule has 0 heterocycles. The maximum Gasteiger partial charge on any atom is 0.301 e. The number of non-ortho nitro benzene ring substituents is 1. The lowest BCUT2D eigenvalue weighted by atomic mass is 10.2. The first-order chi connectivity index (χ1) is 18.8. The Bertz CT molecular complexity index is 1520. The van der Waals surface area contributed by atoms with Crippen LogP contribution in [-0.4, -0.2) is 27.8 Å². The van der Waals surface area contributed by atoms with Gasteiger partial charge in [0.1, 0.15) is 11.5 Å². The molecule has 4 rings (SSSR count). The minimum atomic E-state index is -3.63. The lowest BCUT2D eigenvalue weighted by molar-refractivity contribution is -0.393. The Hall–Kier alpha value is -5.15. The molecule has 39 heavy (non-hydrogen) atoms. The van der Waals surface area contributed by atoms with Gasteiger partial charge in [-0.05, 0) is 18.2 Å². The lowest BCUT2D eigenvalue weighted by Gasteiger charge is -2.27. The van der Waals surface area contributed by atoms with Crippen molar-refractivity contribution < 1.29 is 19.2 Å². The van der Waals surface area contributed by atoms with Crippen LogP contribution in [0, 0.1) is 20.2 Å². The van der Waals surface area contributed by atoms with Gasteiger partial charge in [-0.25, -0.2) is 0 Å². The molecule has 2 N–H and O–H groups in total. The van der Waals surface area contributed by atoms with E-state index in [-0.39, 0.29) is 5.69 Å². The number of anilines is 1. The molecule has 0 aliphatic heterocycles. The molecule has 11 nitrogen and oxygen atoms in total. The first kappa shape index (κ1) is 26.9. The largest absolute Gasteiger partial charge is 0.337 e. The fourth-order valence-corrected chi connectivity index (χ4v) is 6.58. The molecular weight excluding hydrogens is 521 g/mol. The van der Waals surface area contributed by atoms with Crippen LogP contribution in [0.1, 0.15) is 10.4 Å². The van der Waals surface area contributed by atoms with Crippen molar-refractivity contribution in [1.29, 1.82) is 0 Å². The van der Waals surface area contributed by atoms with Crippen LogP contribution in [0.3, 0.4) is 0 Å². The second kappa shape index (κ2) is 11.9. The molecule has 0 unspecified atom stereocenters. The summed E-state index contributed by atoms with van der Waals surface area (Å²) in [6, 6.07) is 28.7. The molecule has 0 aliphatic carbocycles. The summed E-state index contributed by atoms with van der Waals surface area (Å²) in [5.41, 5.74) is 1.70. The van der Waals surface area contributed by atoms with Crippen molar-refractivity contribution in [3.8, 4) is 0 Å². The average Bonchev–Trinajstić information content (AvgIpc) is 2.97. The molecule has 0 saturated heterocycles. The van der Waals surface area contributed by atoms with Gasteiger partial charge in [0.25, 0.3) is 11.6 Å². The van der Waals surface area contributed by atoms with Crippen LogP contribution in [0.2, 0.25) is 0 Å². The van der Waals surface area contributed by atoms with Crippen LogP contribution in [0.15, 0.2) is 114 Å². The Morgan fingerprint density at radius 3 is 1.85 bits per heavy atom. The molecule has 0 radical (unpaired) electrons. The fourth-order valence-electron chi connectivity index (χ4n) is 3.86. The highest BCUT2D eigenvalue weighted by molar-refractivity contribution is 7.80. The topological polar surface area (TPSA) is 157 Å². The summed E-state index contributed by atoms with van der Waals surface area (Å²) < 4.78 is 14.9. The Kier molecular flexibility index (Phi) is 8.23. The van der Waals surface area contributed by atoms with Crippen molar-refractivity contribution in [2.45, 2.75) is 5.78 Å². The number of nitro groups is 2. The molecule has 0 bridgehead atoms. The zero-order valence-electron chi connectivity index (χ0n) is 20.3. The van der Waals surface area contributed by atoms with E-state index in [2.05, 4.69) is 15.8 Å². The normalized spacial score (nSPS) is 12.0. The Balaban J connectivity index is 1.77. The third-order valence-corrected chi connectivity index (χ3v) is 8.95. The standard InChI is InChI=1S/C27H22N5O6P/c33-27(20-10-4-1-5-11-20)29-26(19-28-30-24-17-16-21(31(34)35)18-25(24)32(36)37)39(38,22-12-6-2-7-13-22)23-14-8-3-9-15-23/h1-19,26,30H,(H,29,33)/b28-19-/t26-/m0/s1. The van der Waals surface area contributed by atoms with E-state index in [1.54, 1.807) is 91.0 Å². The summed E-state index contributed by atoms with van der Waals surface area (Å²) >= 11 is 0. The Morgan fingerprint density at radius 1 is 0.795 bits per heavy atom.